The minimum atomic E-state index is -0.448. The fourth-order valence-electron chi connectivity index (χ4n) is 0.756. The molecular weight excluding hydrogens is 155 g/mol. The van der Waals surface area contributed by atoms with E-state index in [1.807, 2.05) is 31.3 Å². The zero-order valence-electron chi connectivity index (χ0n) is 7.16. The second kappa shape index (κ2) is 3.85. The van der Waals surface area contributed by atoms with Gasteiger partial charge in [-0.05, 0) is 23.9 Å². The van der Waals surface area contributed by atoms with Crippen LogP contribution < -0.4 is 0 Å². The molecule has 0 aromatic carbocycles. The van der Waals surface area contributed by atoms with Gasteiger partial charge in [0.25, 0.3) is 0 Å². The van der Waals surface area contributed by atoms with Gasteiger partial charge in [-0.1, -0.05) is 0 Å². The van der Waals surface area contributed by atoms with E-state index in [1.165, 1.54) is 12.3 Å². The minimum absolute atomic E-state index is 0.448. The van der Waals surface area contributed by atoms with E-state index in [0.717, 1.165) is 5.56 Å². The standard InChI is InChI=1S/C9H11FN2/c1-12(2)6-4-8-3-5-11-9(10)7-8/h3-7H,1-2H3. The molecule has 1 aromatic heterocycles. The van der Waals surface area contributed by atoms with E-state index in [2.05, 4.69) is 4.98 Å². The molecule has 0 radical (unpaired) electrons. The molecule has 0 saturated heterocycles. The lowest BCUT2D eigenvalue weighted by molar-refractivity contribution is 0.567. The van der Waals surface area contributed by atoms with Crippen molar-refractivity contribution in [1.29, 1.82) is 0 Å². The zero-order valence-corrected chi connectivity index (χ0v) is 7.16. The van der Waals surface area contributed by atoms with Crippen LogP contribution in [0.3, 0.4) is 0 Å². The Labute approximate surface area is 71.3 Å². The molecular formula is C9H11FN2. The van der Waals surface area contributed by atoms with Gasteiger partial charge in [-0.2, -0.15) is 4.39 Å². The topological polar surface area (TPSA) is 16.1 Å². The van der Waals surface area contributed by atoms with Crippen molar-refractivity contribution in [1.82, 2.24) is 9.88 Å². The minimum Gasteiger partial charge on any atom is -0.383 e. The summed E-state index contributed by atoms with van der Waals surface area (Å²) in [5, 5.41) is 0. The first-order valence-electron chi connectivity index (χ1n) is 3.64. The Morgan fingerprint density at radius 1 is 1.50 bits per heavy atom. The van der Waals surface area contributed by atoms with Crippen molar-refractivity contribution >= 4 is 6.08 Å². The number of aromatic nitrogens is 1. The number of hydrogen-bond acceptors (Lipinski definition) is 2. The molecule has 0 aliphatic heterocycles. The molecule has 1 aromatic rings. The average Bonchev–Trinajstić information content (AvgIpc) is 2.01. The third-order valence-electron chi connectivity index (χ3n) is 1.32. The van der Waals surface area contributed by atoms with Gasteiger partial charge in [0.2, 0.25) is 5.95 Å². The van der Waals surface area contributed by atoms with Crippen molar-refractivity contribution in [2.75, 3.05) is 14.1 Å². The highest BCUT2D eigenvalue weighted by Gasteiger charge is 1.90. The molecule has 0 bridgehead atoms. The Bertz CT molecular complexity index is 282. The second-order valence-electron chi connectivity index (χ2n) is 2.69. The van der Waals surface area contributed by atoms with E-state index in [4.69, 9.17) is 0 Å². The largest absolute Gasteiger partial charge is 0.383 e. The van der Waals surface area contributed by atoms with E-state index < -0.39 is 5.95 Å². The van der Waals surface area contributed by atoms with Gasteiger partial charge in [-0.25, -0.2) is 4.98 Å². The Morgan fingerprint density at radius 2 is 2.25 bits per heavy atom. The fraction of sp³-hybridized carbons (Fsp3) is 0.222. The van der Waals surface area contributed by atoms with Crippen LogP contribution in [-0.4, -0.2) is 24.0 Å². The quantitative estimate of drug-likeness (QED) is 0.622. The number of hydrogen-bond donors (Lipinski definition) is 0. The Balaban J connectivity index is 2.76. The maximum atomic E-state index is 12.5. The normalized spacial score (nSPS) is 10.6. The summed E-state index contributed by atoms with van der Waals surface area (Å²) in [7, 11) is 3.82. The van der Waals surface area contributed by atoms with E-state index in [0.29, 0.717) is 0 Å². The van der Waals surface area contributed by atoms with Gasteiger partial charge in [-0.15, -0.1) is 0 Å². The van der Waals surface area contributed by atoms with Gasteiger partial charge < -0.3 is 4.90 Å². The van der Waals surface area contributed by atoms with Crippen molar-refractivity contribution in [2.45, 2.75) is 0 Å². The highest BCUT2D eigenvalue weighted by Crippen LogP contribution is 2.02. The summed E-state index contributed by atoms with van der Waals surface area (Å²) < 4.78 is 12.5. The molecule has 0 fully saturated rings. The Hall–Kier alpha value is -1.38. The number of rotatable bonds is 2. The van der Waals surface area contributed by atoms with Gasteiger partial charge in [0.1, 0.15) is 0 Å². The smallest absolute Gasteiger partial charge is 0.213 e. The molecule has 0 spiro atoms. The van der Waals surface area contributed by atoms with Crippen LogP contribution in [0.25, 0.3) is 6.08 Å². The monoisotopic (exact) mass is 166 g/mol. The summed E-state index contributed by atoms with van der Waals surface area (Å²) in [4.78, 5) is 5.34. The molecule has 64 valence electrons. The molecule has 0 N–H and O–H groups in total. The second-order valence-corrected chi connectivity index (χ2v) is 2.69. The van der Waals surface area contributed by atoms with Gasteiger partial charge >= 0.3 is 0 Å². The van der Waals surface area contributed by atoms with Crippen molar-refractivity contribution in [3.8, 4) is 0 Å². The molecule has 1 rings (SSSR count). The third kappa shape index (κ3) is 2.70. The lowest BCUT2D eigenvalue weighted by Gasteiger charge is -2.02. The van der Waals surface area contributed by atoms with Gasteiger partial charge in [-0.3, -0.25) is 0 Å². The number of halogens is 1. The van der Waals surface area contributed by atoms with Gasteiger partial charge in [0.05, 0.1) is 0 Å². The lowest BCUT2D eigenvalue weighted by Crippen LogP contribution is -1.99. The molecule has 0 saturated carbocycles. The maximum Gasteiger partial charge on any atom is 0.213 e. The molecule has 1 heterocycles. The Kier molecular flexibility index (Phi) is 2.80. The lowest BCUT2D eigenvalue weighted by atomic mass is 10.2. The van der Waals surface area contributed by atoms with Crippen molar-refractivity contribution in [2.24, 2.45) is 0 Å². The molecule has 0 unspecified atom stereocenters. The summed E-state index contributed by atoms with van der Waals surface area (Å²) in [6, 6.07) is 3.14. The van der Waals surface area contributed by atoms with Crippen LogP contribution in [0.5, 0.6) is 0 Å². The Morgan fingerprint density at radius 3 is 2.83 bits per heavy atom. The molecule has 3 heteroatoms. The van der Waals surface area contributed by atoms with Crippen LogP contribution in [0.15, 0.2) is 24.5 Å². The van der Waals surface area contributed by atoms with Gasteiger partial charge in [0.15, 0.2) is 0 Å². The van der Waals surface area contributed by atoms with Crippen LogP contribution >= 0.6 is 0 Å². The first kappa shape index (κ1) is 8.71. The van der Waals surface area contributed by atoms with E-state index in [9.17, 15) is 4.39 Å². The summed E-state index contributed by atoms with van der Waals surface area (Å²) in [6.07, 6.45) is 5.13. The average molecular weight is 166 g/mol. The van der Waals surface area contributed by atoms with Crippen molar-refractivity contribution < 1.29 is 4.39 Å². The maximum absolute atomic E-state index is 12.5. The molecule has 0 amide bonds. The zero-order chi connectivity index (χ0) is 8.97. The van der Waals surface area contributed by atoms with Gasteiger partial charge in [0, 0.05) is 26.4 Å². The van der Waals surface area contributed by atoms with E-state index in [1.54, 1.807) is 6.07 Å². The SMILES string of the molecule is CN(C)C=Cc1ccnc(F)c1. The molecule has 0 aliphatic rings. The van der Waals surface area contributed by atoms with Crippen molar-refractivity contribution in [3.05, 3.63) is 36.0 Å². The fourth-order valence-corrected chi connectivity index (χ4v) is 0.756. The predicted molar refractivity (Wildman–Crippen MR) is 46.9 cm³/mol. The molecule has 12 heavy (non-hydrogen) atoms. The molecule has 2 nitrogen and oxygen atoms in total. The summed E-state index contributed by atoms with van der Waals surface area (Å²) in [5.41, 5.74) is 0.816. The molecule has 0 aliphatic carbocycles. The van der Waals surface area contributed by atoms with Crippen molar-refractivity contribution in [3.63, 3.8) is 0 Å². The van der Waals surface area contributed by atoms with Crippen LogP contribution in [0.2, 0.25) is 0 Å². The number of nitrogens with zero attached hydrogens (tertiary/aromatic N) is 2. The van der Waals surface area contributed by atoms with E-state index in [-0.39, 0.29) is 0 Å². The first-order chi connectivity index (χ1) is 5.68. The summed E-state index contributed by atoms with van der Waals surface area (Å²) in [6.45, 7) is 0. The van der Waals surface area contributed by atoms with Crippen LogP contribution in [0.4, 0.5) is 4.39 Å². The van der Waals surface area contributed by atoms with Crippen LogP contribution in [0, 0.1) is 5.95 Å². The van der Waals surface area contributed by atoms with Crippen LogP contribution in [0.1, 0.15) is 5.56 Å². The highest BCUT2D eigenvalue weighted by atomic mass is 19.1. The summed E-state index contributed by atoms with van der Waals surface area (Å²) >= 11 is 0. The number of pyridine rings is 1. The van der Waals surface area contributed by atoms with E-state index >= 15 is 0 Å². The predicted octanol–water partition coefficient (Wildman–Crippen LogP) is 1.75. The highest BCUT2D eigenvalue weighted by molar-refractivity contribution is 5.47. The molecule has 0 atom stereocenters. The first-order valence-corrected chi connectivity index (χ1v) is 3.64. The third-order valence-corrected chi connectivity index (χ3v) is 1.32. The van der Waals surface area contributed by atoms with Crippen LogP contribution in [-0.2, 0) is 0 Å². The summed E-state index contributed by atoms with van der Waals surface area (Å²) in [5.74, 6) is -0.448.